The number of carbonyl (C=O) groups excluding carboxylic acids is 1. The minimum absolute atomic E-state index is 0.192. The van der Waals surface area contributed by atoms with Gasteiger partial charge in [-0.25, -0.2) is 0 Å². The number of Topliss-reactive ketones (excluding diaryl/α,β-unsaturated/α-hetero) is 1. The third-order valence-electron chi connectivity index (χ3n) is 6.37. The molecule has 158 valence electrons. The van der Waals surface area contributed by atoms with Gasteiger partial charge in [0.1, 0.15) is 5.78 Å². The molecule has 1 aromatic rings. The monoisotopic (exact) mass is 387 g/mol. The highest BCUT2D eigenvalue weighted by atomic mass is 16.3. The van der Waals surface area contributed by atoms with Crippen molar-refractivity contribution in [1.82, 2.24) is 4.90 Å². The summed E-state index contributed by atoms with van der Waals surface area (Å²) >= 11 is 0. The second-order valence-electron chi connectivity index (χ2n) is 8.77. The van der Waals surface area contributed by atoms with Gasteiger partial charge in [0.15, 0.2) is 0 Å². The number of likely N-dealkylation sites (tertiary alicyclic amines) is 1. The zero-order valence-corrected chi connectivity index (χ0v) is 18.1. The predicted octanol–water partition coefficient (Wildman–Crippen LogP) is 5.89. The molecule has 1 aliphatic rings. The number of piperidine rings is 1. The number of benzene rings is 1. The van der Waals surface area contributed by atoms with E-state index in [2.05, 4.69) is 42.2 Å². The number of aliphatic hydroxyl groups is 1. The number of rotatable bonds is 13. The Balaban J connectivity index is 1.63. The Labute approximate surface area is 172 Å². The Kier molecular flexibility index (Phi) is 10.8. The minimum atomic E-state index is -0.192. The van der Waals surface area contributed by atoms with Crippen LogP contribution in [0.2, 0.25) is 0 Å². The molecule has 28 heavy (non-hydrogen) atoms. The van der Waals surface area contributed by atoms with Gasteiger partial charge in [-0.2, -0.15) is 0 Å². The third-order valence-corrected chi connectivity index (χ3v) is 6.37. The normalized spacial score (nSPS) is 23.0. The number of ketones is 1. The van der Waals surface area contributed by atoms with Crippen molar-refractivity contribution in [3.05, 3.63) is 35.9 Å². The number of aliphatic hydroxyl groups excluding tert-OH is 1. The van der Waals surface area contributed by atoms with Crippen molar-refractivity contribution in [3.63, 3.8) is 0 Å². The third kappa shape index (κ3) is 8.45. The summed E-state index contributed by atoms with van der Waals surface area (Å²) in [6.07, 6.45) is 14.0. The van der Waals surface area contributed by atoms with E-state index in [9.17, 15) is 9.90 Å². The summed E-state index contributed by atoms with van der Waals surface area (Å²) in [5, 5.41) is 10.3. The van der Waals surface area contributed by atoms with Crippen LogP contribution in [0, 0.1) is 0 Å². The summed E-state index contributed by atoms with van der Waals surface area (Å²) in [7, 11) is 0. The van der Waals surface area contributed by atoms with Crippen molar-refractivity contribution < 1.29 is 9.90 Å². The van der Waals surface area contributed by atoms with Crippen molar-refractivity contribution in [3.8, 4) is 0 Å². The molecule has 1 saturated heterocycles. The molecule has 1 heterocycles. The first-order valence-electron chi connectivity index (χ1n) is 11.5. The quantitative estimate of drug-likeness (QED) is 0.429. The van der Waals surface area contributed by atoms with Crippen molar-refractivity contribution >= 4 is 5.78 Å². The summed E-state index contributed by atoms with van der Waals surface area (Å²) in [6, 6.07) is 11.5. The van der Waals surface area contributed by atoms with Crippen molar-refractivity contribution in [1.29, 1.82) is 0 Å². The Morgan fingerprint density at radius 2 is 1.57 bits per heavy atom. The number of nitrogens with zero attached hydrogens (tertiary/aromatic N) is 1. The molecule has 0 bridgehead atoms. The Hall–Kier alpha value is -1.19. The van der Waals surface area contributed by atoms with Crippen LogP contribution in [0.15, 0.2) is 30.3 Å². The SMILES string of the molecule is CC(=O)CCCCCCCCCC[C@@H]1CC[C@H](O)[C@H](C)N1Cc1ccccc1. The van der Waals surface area contributed by atoms with E-state index >= 15 is 0 Å². The first-order chi connectivity index (χ1) is 13.6. The Morgan fingerprint density at radius 1 is 0.964 bits per heavy atom. The van der Waals surface area contributed by atoms with Crippen LogP contribution in [-0.4, -0.2) is 34.0 Å². The summed E-state index contributed by atoms with van der Waals surface area (Å²) in [6.45, 7) is 4.82. The Morgan fingerprint density at radius 3 is 2.21 bits per heavy atom. The summed E-state index contributed by atoms with van der Waals surface area (Å²) < 4.78 is 0. The highest BCUT2D eigenvalue weighted by Gasteiger charge is 2.32. The molecule has 2 rings (SSSR count). The molecule has 0 spiro atoms. The van der Waals surface area contributed by atoms with Gasteiger partial charge in [0.05, 0.1) is 6.10 Å². The average molecular weight is 388 g/mol. The molecule has 3 nitrogen and oxygen atoms in total. The van der Waals surface area contributed by atoms with Crippen LogP contribution in [0.4, 0.5) is 0 Å². The fourth-order valence-corrected chi connectivity index (χ4v) is 4.52. The zero-order valence-electron chi connectivity index (χ0n) is 18.1. The first-order valence-corrected chi connectivity index (χ1v) is 11.5. The number of unbranched alkanes of at least 4 members (excludes halogenated alkanes) is 7. The van der Waals surface area contributed by atoms with Gasteiger partial charge in [-0.3, -0.25) is 4.90 Å². The lowest BCUT2D eigenvalue weighted by molar-refractivity contribution is -0.117. The second kappa shape index (κ2) is 13.1. The van der Waals surface area contributed by atoms with Crippen LogP contribution in [0.5, 0.6) is 0 Å². The van der Waals surface area contributed by atoms with Crippen LogP contribution in [0.3, 0.4) is 0 Å². The molecule has 1 aliphatic heterocycles. The average Bonchev–Trinajstić information content (AvgIpc) is 2.69. The van der Waals surface area contributed by atoms with Crippen LogP contribution < -0.4 is 0 Å². The van der Waals surface area contributed by atoms with E-state index in [0.717, 1.165) is 32.2 Å². The maximum Gasteiger partial charge on any atom is 0.129 e. The fourth-order valence-electron chi connectivity index (χ4n) is 4.52. The molecule has 1 N–H and O–H groups in total. The largest absolute Gasteiger partial charge is 0.392 e. The topological polar surface area (TPSA) is 40.5 Å². The van der Waals surface area contributed by atoms with Gasteiger partial charge in [0.2, 0.25) is 0 Å². The molecule has 3 atom stereocenters. The smallest absolute Gasteiger partial charge is 0.129 e. The lowest BCUT2D eigenvalue weighted by Crippen LogP contribution is -2.51. The first kappa shape index (κ1) is 23.1. The molecule has 0 radical (unpaired) electrons. The summed E-state index contributed by atoms with van der Waals surface area (Å²) in [5.41, 5.74) is 1.35. The van der Waals surface area contributed by atoms with Gasteiger partial charge < -0.3 is 9.90 Å². The lowest BCUT2D eigenvalue weighted by atomic mass is 9.90. The van der Waals surface area contributed by atoms with E-state index in [1.807, 2.05) is 0 Å². The van der Waals surface area contributed by atoms with E-state index in [4.69, 9.17) is 0 Å². The van der Waals surface area contributed by atoms with Gasteiger partial charge in [-0.05, 0) is 45.1 Å². The highest BCUT2D eigenvalue weighted by molar-refractivity contribution is 5.75. The molecular weight excluding hydrogens is 346 g/mol. The van der Waals surface area contributed by atoms with Gasteiger partial charge in [-0.1, -0.05) is 75.3 Å². The van der Waals surface area contributed by atoms with Crippen molar-refractivity contribution in [2.24, 2.45) is 0 Å². The number of carbonyl (C=O) groups is 1. The lowest BCUT2D eigenvalue weighted by Gasteiger charge is -2.43. The molecule has 0 amide bonds. The molecule has 3 heteroatoms. The molecule has 1 aromatic carbocycles. The van der Waals surface area contributed by atoms with E-state index in [0.29, 0.717) is 11.8 Å². The number of hydrogen-bond acceptors (Lipinski definition) is 3. The zero-order chi connectivity index (χ0) is 20.2. The molecular formula is C25H41NO2. The fraction of sp³-hybridized carbons (Fsp3) is 0.720. The van der Waals surface area contributed by atoms with E-state index < -0.39 is 0 Å². The Bertz CT molecular complexity index is 545. The van der Waals surface area contributed by atoms with Gasteiger partial charge in [-0.15, -0.1) is 0 Å². The van der Waals surface area contributed by atoms with Gasteiger partial charge in [0.25, 0.3) is 0 Å². The summed E-state index contributed by atoms with van der Waals surface area (Å²) in [4.78, 5) is 13.5. The molecule has 0 saturated carbocycles. The minimum Gasteiger partial charge on any atom is -0.392 e. The van der Waals surface area contributed by atoms with E-state index in [-0.39, 0.29) is 12.1 Å². The van der Waals surface area contributed by atoms with Gasteiger partial charge in [0, 0.05) is 25.0 Å². The van der Waals surface area contributed by atoms with Crippen LogP contribution in [-0.2, 0) is 11.3 Å². The maximum atomic E-state index is 10.9. The molecule has 0 aliphatic carbocycles. The predicted molar refractivity (Wildman–Crippen MR) is 117 cm³/mol. The standard InChI is InChI=1S/C25H41NO2/c1-21(27)14-10-7-5-3-4-6-8-13-17-24-18-19-25(28)22(2)26(24)20-23-15-11-9-12-16-23/h9,11-12,15-16,22,24-25,28H,3-8,10,13-14,17-20H2,1-2H3/t22-,24+,25-/m0/s1. The molecule has 0 unspecified atom stereocenters. The van der Waals surface area contributed by atoms with Gasteiger partial charge >= 0.3 is 0 Å². The maximum absolute atomic E-state index is 10.9. The van der Waals surface area contributed by atoms with Crippen molar-refractivity contribution in [2.75, 3.05) is 0 Å². The summed E-state index contributed by atoms with van der Waals surface area (Å²) in [5.74, 6) is 0.325. The second-order valence-corrected chi connectivity index (χ2v) is 8.77. The number of hydrogen-bond donors (Lipinski definition) is 1. The van der Waals surface area contributed by atoms with Crippen LogP contribution in [0.25, 0.3) is 0 Å². The van der Waals surface area contributed by atoms with E-state index in [1.54, 1.807) is 6.92 Å². The molecule has 0 aromatic heterocycles. The van der Waals surface area contributed by atoms with E-state index in [1.165, 1.54) is 56.9 Å². The van der Waals surface area contributed by atoms with Crippen LogP contribution in [0.1, 0.15) is 96.5 Å². The molecule has 1 fully saturated rings. The van der Waals surface area contributed by atoms with Crippen LogP contribution >= 0.6 is 0 Å². The van der Waals surface area contributed by atoms with Crippen molar-refractivity contribution in [2.45, 2.75) is 116 Å². The highest BCUT2D eigenvalue weighted by Crippen LogP contribution is 2.28.